The predicted octanol–water partition coefficient (Wildman–Crippen LogP) is 1.97. The minimum absolute atomic E-state index is 0.0983. The third-order valence-electron chi connectivity index (χ3n) is 3.43. The van der Waals surface area contributed by atoms with Gasteiger partial charge in [0.25, 0.3) is 0 Å². The molecule has 1 heterocycles. The average molecular weight is 319 g/mol. The zero-order valence-corrected chi connectivity index (χ0v) is 13.0. The first-order valence-electron chi connectivity index (χ1n) is 6.50. The lowest BCUT2D eigenvalue weighted by molar-refractivity contribution is 0.0495. The lowest BCUT2D eigenvalue weighted by Gasteiger charge is -2.27. The maximum Gasteiger partial charge on any atom is 0.244 e. The van der Waals surface area contributed by atoms with Gasteiger partial charge in [-0.1, -0.05) is 11.6 Å². The van der Waals surface area contributed by atoms with Crippen LogP contribution in [0.4, 0.5) is 5.69 Å². The summed E-state index contributed by atoms with van der Waals surface area (Å²) in [4.78, 5) is 0.0983. The van der Waals surface area contributed by atoms with Crippen LogP contribution in [0.2, 0.25) is 5.02 Å². The number of nitrogens with zero attached hydrogens (tertiary/aromatic N) is 1. The smallest absolute Gasteiger partial charge is 0.244 e. The number of halogens is 1. The minimum atomic E-state index is -3.59. The molecule has 0 radical (unpaired) electrons. The summed E-state index contributed by atoms with van der Waals surface area (Å²) in [6.07, 6.45) is 1.96. The summed E-state index contributed by atoms with van der Waals surface area (Å²) >= 11 is 5.80. The van der Waals surface area contributed by atoms with Crippen molar-refractivity contribution in [2.45, 2.75) is 17.7 Å². The quantitative estimate of drug-likeness (QED) is 0.861. The lowest BCUT2D eigenvalue weighted by Crippen LogP contribution is -2.35. The Morgan fingerprint density at radius 2 is 2.25 bits per heavy atom. The lowest BCUT2D eigenvalue weighted by atomic mass is 10.0. The van der Waals surface area contributed by atoms with E-state index in [0.29, 0.717) is 18.2 Å². The molecule has 1 aromatic carbocycles. The normalized spacial score (nSPS) is 20.2. The van der Waals surface area contributed by atoms with Gasteiger partial charge in [-0.25, -0.2) is 12.7 Å². The van der Waals surface area contributed by atoms with Crippen LogP contribution in [0.5, 0.6) is 0 Å². The summed E-state index contributed by atoms with van der Waals surface area (Å²) in [5, 5.41) is 0.421. The Labute approximate surface area is 124 Å². The molecule has 20 heavy (non-hydrogen) atoms. The molecule has 0 aliphatic carbocycles. The molecule has 0 aromatic heterocycles. The SMILES string of the molecule is CN(CC1CCCOC1)S(=O)(=O)c1ccc(Cl)cc1N. The molecule has 1 saturated heterocycles. The number of nitrogen functional groups attached to an aromatic ring is 1. The van der Waals surface area contributed by atoms with Gasteiger partial charge in [0.05, 0.1) is 12.3 Å². The molecule has 7 heteroatoms. The monoisotopic (exact) mass is 318 g/mol. The van der Waals surface area contributed by atoms with Crippen LogP contribution in [0.15, 0.2) is 23.1 Å². The molecule has 1 fully saturated rings. The van der Waals surface area contributed by atoms with Crippen LogP contribution >= 0.6 is 11.6 Å². The highest BCUT2D eigenvalue weighted by Crippen LogP contribution is 2.26. The van der Waals surface area contributed by atoms with Crippen molar-refractivity contribution >= 4 is 27.3 Å². The molecular weight excluding hydrogens is 300 g/mol. The molecule has 0 amide bonds. The van der Waals surface area contributed by atoms with Crippen LogP contribution in [-0.4, -0.2) is 39.5 Å². The number of sulfonamides is 1. The van der Waals surface area contributed by atoms with E-state index in [1.54, 1.807) is 7.05 Å². The van der Waals surface area contributed by atoms with Crippen molar-refractivity contribution in [2.24, 2.45) is 5.92 Å². The maximum atomic E-state index is 12.5. The van der Waals surface area contributed by atoms with Gasteiger partial charge in [0.2, 0.25) is 10.0 Å². The zero-order valence-electron chi connectivity index (χ0n) is 11.4. The topological polar surface area (TPSA) is 72.6 Å². The van der Waals surface area contributed by atoms with Crippen LogP contribution < -0.4 is 5.73 Å². The fourth-order valence-electron chi connectivity index (χ4n) is 2.34. The van der Waals surface area contributed by atoms with Gasteiger partial charge >= 0.3 is 0 Å². The minimum Gasteiger partial charge on any atom is -0.398 e. The van der Waals surface area contributed by atoms with Crippen molar-refractivity contribution < 1.29 is 13.2 Å². The molecule has 1 aromatic rings. The molecule has 112 valence electrons. The van der Waals surface area contributed by atoms with Crippen molar-refractivity contribution in [3.63, 3.8) is 0 Å². The Balaban J connectivity index is 2.16. The van der Waals surface area contributed by atoms with E-state index >= 15 is 0 Å². The zero-order chi connectivity index (χ0) is 14.8. The molecular formula is C13H19ClN2O3S. The molecule has 2 N–H and O–H groups in total. The first-order chi connectivity index (χ1) is 9.41. The predicted molar refractivity (Wildman–Crippen MR) is 79.2 cm³/mol. The highest BCUT2D eigenvalue weighted by molar-refractivity contribution is 7.89. The van der Waals surface area contributed by atoms with Crippen molar-refractivity contribution in [3.05, 3.63) is 23.2 Å². The van der Waals surface area contributed by atoms with E-state index < -0.39 is 10.0 Å². The highest BCUT2D eigenvalue weighted by Gasteiger charge is 2.26. The fraction of sp³-hybridized carbons (Fsp3) is 0.538. The van der Waals surface area contributed by atoms with Crippen molar-refractivity contribution in [1.82, 2.24) is 4.31 Å². The van der Waals surface area contributed by atoms with E-state index in [1.807, 2.05) is 0 Å². The summed E-state index contributed by atoms with van der Waals surface area (Å²) < 4.78 is 31.7. The number of hydrogen-bond acceptors (Lipinski definition) is 4. The van der Waals surface area contributed by atoms with Crippen LogP contribution in [-0.2, 0) is 14.8 Å². The van der Waals surface area contributed by atoms with E-state index in [4.69, 9.17) is 22.1 Å². The second kappa shape index (κ2) is 6.30. The van der Waals surface area contributed by atoms with Gasteiger partial charge in [-0.15, -0.1) is 0 Å². The number of hydrogen-bond donors (Lipinski definition) is 1. The number of benzene rings is 1. The maximum absolute atomic E-state index is 12.5. The molecule has 1 aliphatic rings. The van der Waals surface area contributed by atoms with E-state index in [0.717, 1.165) is 19.4 Å². The first-order valence-corrected chi connectivity index (χ1v) is 8.32. The molecule has 0 spiro atoms. The Bertz CT molecular complexity index is 571. The van der Waals surface area contributed by atoms with Crippen LogP contribution in [0.25, 0.3) is 0 Å². The van der Waals surface area contributed by atoms with E-state index in [-0.39, 0.29) is 16.5 Å². The summed E-state index contributed by atoms with van der Waals surface area (Å²) in [7, 11) is -2.02. The van der Waals surface area contributed by atoms with Gasteiger partial charge in [-0.3, -0.25) is 0 Å². The summed E-state index contributed by atoms with van der Waals surface area (Å²) in [5.41, 5.74) is 5.93. The number of anilines is 1. The van der Waals surface area contributed by atoms with Gasteiger partial charge in [-0.2, -0.15) is 0 Å². The molecule has 1 aliphatic heterocycles. The largest absolute Gasteiger partial charge is 0.398 e. The number of nitrogens with two attached hydrogens (primary N) is 1. The Morgan fingerprint density at radius 1 is 1.50 bits per heavy atom. The Hall–Kier alpha value is -0.820. The van der Waals surface area contributed by atoms with Gasteiger partial charge < -0.3 is 10.5 Å². The van der Waals surface area contributed by atoms with Gasteiger partial charge in [0.1, 0.15) is 4.90 Å². The molecule has 1 unspecified atom stereocenters. The molecule has 2 rings (SSSR count). The molecule has 1 atom stereocenters. The van der Waals surface area contributed by atoms with Gasteiger partial charge in [-0.05, 0) is 37.0 Å². The van der Waals surface area contributed by atoms with E-state index in [2.05, 4.69) is 0 Å². The van der Waals surface area contributed by atoms with Crippen LogP contribution in [0.1, 0.15) is 12.8 Å². The number of rotatable bonds is 4. The third kappa shape index (κ3) is 3.44. The van der Waals surface area contributed by atoms with Gasteiger partial charge in [0, 0.05) is 25.2 Å². The summed E-state index contributed by atoms with van der Waals surface area (Å²) in [6.45, 7) is 1.80. The van der Waals surface area contributed by atoms with Crippen molar-refractivity contribution in [2.75, 3.05) is 32.5 Å². The van der Waals surface area contributed by atoms with E-state index in [9.17, 15) is 8.42 Å². The van der Waals surface area contributed by atoms with Crippen LogP contribution in [0, 0.1) is 5.92 Å². The van der Waals surface area contributed by atoms with Crippen molar-refractivity contribution in [3.8, 4) is 0 Å². The Kier molecular flexibility index (Phi) is 4.90. The Morgan fingerprint density at radius 3 is 2.85 bits per heavy atom. The second-order valence-electron chi connectivity index (χ2n) is 5.05. The standard InChI is InChI=1S/C13H19ClN2O3S/c1-16(8-10-3-2-6-19-9-10)20(17,18)13-5-4-11(14)7-12(13)15/h4-5,7,10H,2-3,6,8-9,15H2,1H3. The second-order valence-corrected chi connectivity index (χ2v) is 7.50. The van der Waals surface area contributed by atoms with Crippen molar-refractivity contribution in [1.29, 1.82) is 0 Å². The van der Waals surface area contributed by atoms with Crippen LogP contribution in [0.3, 0.4) is 0 Å². The summed E-state index contributed by atoms with van der Waals surface area (Å²) in [6, 6.07) is 4.43. The molecule has 5 nitrogen and oxygen atoms in total. The average Bonchev–Trinajstić information content (AvgIpc) is 2.39. The fourth-order valence-corrected chi connectivity index (χ4v) is 3.86. The van der Waals surface area contributed by atoms with E-state index in [1.165, 1.54) is 22.5 Å². The molecule has 0 saturated carbocycles. The number of ether oxygens (including phenoxy) is 1. The summed E-state index contributed by atoms with van der Waals surface area (Å²) in [5.74, 6) is 0.233. The highest BCUT2D eigenvalue weighted by atomic mass is 35.5. The van der Waals surface area contributed by atoms with Gasteiger partial charge in [0.15, 0.2) is 0 Å². The third-order valence-corrected chi connectivity index (χ3v) is 5.56. The first kappa shape index (κ1) is 15.6. The molecule has 0 bridgehead atoms.